The molecule has 1 rings (SSSR count). The minimum atomic E-state index is 0.154. The van der Waals surface area contributed by atoms with E-state index in [2.05, 4.69) is 17.5 Å². The van der Waals surface area contributed by atoms with Gasteiger partial charge in [-0.1, -0.05) is 12.2 Å². The van der Waals surface area contributed by atoms with Gasteiger partial charge < -0.3 is 11.1 Å². The maximum atomic E-state index is 11.0. The molecule has 1 saturated carbocycles. The predicted octanol–water partition coefficient (Wildman–Crippen LogP) is 0.189. The molecule has 3 N–H and O–H groups in total. The molecule has 11 heavy (non-hydrogen) atoms. The Hall–Kier alpha value is -0.640. The smallest absolute Gasteiger partial charge is 0.223 e. The second-order valence-corrected chi connectivity index (χ2v) is 3.31. The third-order valence-corrected chi connectivity index (χ3v) is 1.82. The fourth-order valence-electron chi connectivity index (χ4n) is 0.799. The number of amides is 1. The Balaban J connectivity index is 2.02. The van der Waals surface area contributed by atoms with Crippen LogP contribution in [0.2, 0.25) is 0 Å². The maximum absolute atomic E-state index is 11.0. The van der Waals surface area contributed by atoms with E-state index in [1.165, 1.54) is 0 Å². The van der Waals surface area contributed by atoms with E-state index < -0.39 is 0 Å². The average Bonchev–Trinajstić information content (AvgIpc) is 2.66. The van der Waals surface area contributed by atoms with Crippen LogP contribution in [0.1, 0.15) is 19.3 Å². The number of thiocarbonyl (C=S) groups is 1. The van der Waals surface area contributed by atoms with E-state index in [0.29, 0.717) is 18.0 Å². The molecule has 0 aliphatic heterocycles. The van der Waals surface area contributed by atoms with Gasteiger partial charge in [0, 0.05) is 18.9 Å². The molecule has 1 aliphatic rings. The highest BCUT2D eigenvalue weighted by Gasteiger charge is 2.28. The Morgan fingerprint density at radius 1 is 1.64 bits per heavy atom. The summed E-state index contributed by atoms with van der Waals surface area (Å²) in [5.74, 6) is 0.433. The van der Waals surface area contributed by atoms with E-state index in [-0.39, 0.29) is 11.8 Å². The molecule has 1 amide bonds. The van der Waals surface area contributed by atoms with Crippen LogP contribution < -0.4 is 11.1 Å². The van der Waals surface area contributed by atoms with Crippen LogP contribution in [0.3, 0.4) is 0 Å². The molecule has 0 spiro atoms. The van der Waals surface area contributed by atoms with Crippen molar-refractivity contribution in [1.29, 1.82) is 0 Å². The van der Waals surface area contributed by atoms with E-state index in [9.17, 15) is 4.79 Å². The lowest BCUT2D eigenvalue weighted by Gasteiger charge is -2.01. The van der Waals surface area contributed by atoms with Crippen molar-refractivity contribution in [1.82, 2.24) is 5.32 Å². The Morgan fingerprint density at radius 3 is 2.73 bits per heavy atom. The number of nitrogens with two attached hydrogens (primary N) is 1. The molecule has 4 heteroatoms. The van der Waals surface area contributed by atoms with Crippen molar-refractivity contribution in [3.63, 3.8) is 0 Å². The summed E-state index contributed by atoms with van der Waals surface area (Å²) in [5.41, 5.74) is 5.25. The lowest BCUT2D eigenvalue weighted by atomic mass is 10.3. The summed E-state index contributed by atoms with van der Waals surface area (Å²) in [5, 5.41) is 2.77. The molecule has 0 aromatic heterocycles. The van der Waals surface area contributed by atoms with Crippen LogP contribution in [0, 0.1) is 5.92 Å². The van der Waals surface area contributed by atoms with Gasteiger partial charge in [-0.25, -0.2) is 0 Å². The van der Waals surface area contributed by atoms with Crippen LogP contribution in [0.4, 0.5) is 0 Å². The van der Waals surface area contributed by atoms with Gasteiger partial charge in [-0.2, -0.15) is 0 Å². The Labute approximate surface area is 71.3 Å². The molecule has 1 fully saturated rings. The van der Waals surface area contributed by atoms with Gasteiger partial charge in [0.05, 0.1) is 4.99 Å². The monoisotopic (exact) mass is 172 g/mol. The van der Waals surface area contributed by atoms with Gasteiger partial charge in [0.25, 0.3) is 0 Å². The predicted molar refractivity (Wildman–Crippen MR) is 47.1 cm³/mol. The Kier molecular flexibility index (Phi) is 2.82. The summed E-state index contributed by atoms with van der Waals surface area (Å²) < 4.78 is 0. The number of carbonyl (C=O) groups excluding carboxylic acids is 1. The van der Waals surface area contributed by atoms with Crippen molar-refractivity contribution >= 4 is 23.1 Å². The van der Waals surface area contributed by atoms with Gasteiger partial charge in [-0.05, 0) is 12.8 Å². The number of nitrogens with one attached hydrogen (secondary N) is 1. The summed E-state index contributed by atoms with van der Waals surface area (Å²) in [7, 11) is 0. The topological polar surface area (TPSA) is 55.1 Å². The van der Waals surface area contributed by atoms with Crippen molar-refractivity contribution in [3.8, 4) is 0 Å². The first kappa shape index (κ1) is 8.46. The van der Waals surface area contributed by atoms with Crippen molar-refractivity contribution < 1.29 is 4.79 Å². The number of hydrogen-bond donors (Lipinski definition) is 2. The highest BCUT2D eigenvalue weighted by atomic mass is 32.1. The van der Waals surface area contributed by atoms with Crippen molar-refractivity contribution in [2.75, 3.05) is 6.54 Å². The fourth-order valence-corrected chi connectivity index (χ4v) is 0.901. The third kappa shape index (κ3) is 3.32. The van der Waals surface area contributed by atoms with Crippen LogP contribution in [0.5, 0.6) is 0 Å². The number of hydrogen-bond acceptors (Lipinski definition) is 2. The van der Waals surface area contributed by atoms with Crippen LogP contribution >= 0.6 is 12.2 Å². The molecule has 62 valence electrons. The molecule has 3 nitrogen and oxygen atoms in total. The Bertz CT molecular complexity index is 177. The minimum absolute atomic E-state index is 0.154. The van der Waals surface area contributed by atoms with E-state index in [0.717, 1.165) is 12.8 Å². The van der Waals surface area contributed by atoms with Gasteiger partial charge >= 0.3 is 0 Å². The molecule has 0 radical (unpaired) electrons. The minimum Gasteiger partial charge on any atom is -0.393 e. The van der Waals surface area contributed by atoms with E-state index >= 15 is 0 Å². The molecular weight excluding hydrogens is 160 g/mol. The molecule has 0 atom stereocenters. The first-order valence-corrected chi connectivity index (χ1v) is 4.17. The molecular formula is C7H12N2OS. The normalized spacial score (nSPS) is 16.0. The molecule has 1 aliphatic carbocycles. The van der Waals surface area contributed by atoms with Gasteiger partial charge in [0.15, 0.2) is 0 Å². The van der Waals surface area contributed by atoms with Crippen LogP contribution in [0.25, 0.3) is 0 Å². The zero-order valence-corrected chi connectivity index (χ0v) is 7.12. The summed E-state index contributed by atoms with van der Waals surface area (Å²) >= 11 is 4.66. The highest BCUT2D eigenvalue weighted by Crippen LogP contribution is 2.28. The van der Waals surface area contributed by atoms with Crippen molar-refractivity contribution in [2.24, 2.45) is 11.7 Å². The summed E-state index contributed by atoms with van der Waals surface area (Å²) in [4.78, 5) is 11.5. The Morgan fingerprint density at radius 2 is 2.27 bits per heavy atom. The quantitative estimate of drug-likeness (QED) is 0.595. The lowest BCUT2D eigenvalue weighted by Crippen LogP contribution is -2.28. The van der Waals surface area contributed by atoms with Crippen LogP contribution in [0.15, 0.2) is 0 Å². The average molecular weight is 172 g/mol. The SMILES string of the molecule is NC(=S)CCNC(=O)C1CC1. The largest absolute Gasteiger partial charge is 0.393 e. The van der Waals surface area contributed by atoms with Crippen molar-refractivity contribution in [2.45, 2.75) is 19.3 Å². The van der Waals surface area contributed by atoms with Crippen LogP contribution in [-0.4, -0.2) is 17.4 Å². The molecule has 0 aromatic rings. The van der Waals surface area contributed by atoms with Gasteiger partial charge in [0.1, 0.15) is 0 Å². The summed E-state index contributed by atoms with van der Waals surface area (Å²) in [6.07, 6.45) is 2.69. The zero-order valence-electron chi connectivity index (χ0n) is 6.30. The first-order chi connectivity index (χ1) is 5.20. The molecule has 0 saturated heterocycles. The van der Waals surface area contributed by atoms with E-state index in [4.69, 9.17) is 5.73 Å². The van der Waals surface area contributed by atoms with Gasteiger partial charge in [-0.15, -0.1) is 0 Å². The van der Waals surface area contributed by atoms with Crippen molar-refractivity contribution in [3.05, 3.63) is 0 Å². The molecule has 0 unspecified atom stereocenters. The highest BCUT2D eigenvalue weighted by molar-refractivity contribution is 7.80. The van der Waals surface area contributed by atoms with Gasteiger partial charge in [-0.3, -0.25) is 4.79 Å². The lowest BCUT2D eigenvalue weighted by molar-refractivity contribution is -0.122. The second-order valence-electron chi connectivity index (χ2n) is 2.78. The van der Waals surface area contributed by atoms with E-state index in [1.54, 1.807) is 0 Å². The zero-order chi connectivity index (χ0) is 8.27. The number of rotatable bonds is 4. The second kappa shape index (κ2) is 3.67. The molecule has 0 bridgehead atoms. The maximum Gasteiger partial charge on any atom is 0.223 e. The molecule has 0 aromatic carbocycles. The van der Waals surface area contributed by atoms with E-state index in [1.807, 2.05) is 0 Å². The standard InChI is InChI=1S/C7H12N2OS/c8-6(11)3-4-9-7(10)5-1-2-5/h5H,1-4H2,(H2,8,11)(H,9,10). The van der Waals surface area contributed by atoms with Crippen LogP contribution in [-0.2, 0) is 4.79 Å². The number of carbonyl (C=O) groups is 1. The first-order valence-electron chi connectivity index (χ1n) is 3.76. The molecule has 0 heterocycles. The summed E-state index contributed by atoms with van der Waals surface area (Å²) in [6.45, 7) is 0.588. The fraction of sp³-hybridized carbons (Fsp3) is 0.714. The third-order valence-electron chi connectivity index (χ3n) is 1.62. The summed E-state index contributed by atoms with van der Waals surface area (Å²) in [6, 6.07) is 0. The van der Waals surface area contributed by atoms with Gasteiger partial charge in [0.2, 0.25) is 5.91 Å².